The maximum absolute atomic E-state index is 14.7. The van der Waals surface area contributed by atoms with Crippen molar-refractivity contribution in [1.29, 1.82) is 0 Å². The Kier molecular flexibility index (Phi) is 5.48. The van der Waals surface area contributed by atoms with E-state index in [9.17, 15) is 9.18 Å². The first-order valence-electron chi connectivity index (χ1n) is 11.6. The van der Waals surface area contributed by atoms with Crippen molar-refractivity contribution in [3.63, 3.8) is 0 Å². The Bertz CT molecular complexity index is 1430. The predicted octanol–water partition coefficient (Wildman–Crippen LogP) is 4.76. The molecule has 1 aliphatic rings. The molecule has 2 N–H and O–H groups in total. The fourth-order valence-corrected chi connectivity index (χ4v) is 4.49. The lowest BCUT2D eigenvalue weighted by molar-refractivity contribution is 0.214. The van der Waals surface area contributed by atoms with E-state index < -0.39 is 5.67 Å². The summed E-state index contributed by atoms with van der Waals surface area (Å²) < 4.78 is 18.2. The van der Waals surface area contributed by atoms with Gasteiger partial charge in [0, 0.05) is 36.7 Å². The number of benzene rings is 1. The van der Waals surface area contributed by atoms with Gasteiger partial charge in [0.1, 0.15) is 11.5 Å². The van der Waals surface area contributed by atoms with Gasteiger partial charge in [-0.2, -0.15) is 0 Å². The molecular formula is C26H29FN6O. The van der Waals surface area contributed by atoms with Crippen LogP contribution in [0.25, 0.3) is 16.6 Å². The largest absolute Gasteiger partial charge is 0.340 e. The summed E-state index contributed by atoms with van der Waals surface area (Å²) in [6.45, 7) is 8.70. The van der Waals surface area contributed by atoms with E-state index in [0.717, 1.165) is 25.2 Å². The first-order valence-corrected chi connectivity index (χ1v) is 11.6. The average molecular weight is 461 g/mol. The third-order valence-corrected chi connectivity index (χ3v) is 6.22. The van der Waals surface area contributed by atoms with Crippen molar-refractivity contribution in [2.75, 3.05) is 11.9 Å². The molecule has 0 saturated heterocycles. The highest BCUT2D eigenvalue weighted by Gasteiger charge is 2.23. The van der Waals surface area contributed by atoms with Crippen molar-refractivity contribution in [2.45, 2.75) is 52.4 Å². The third kappa shape index (κ3) is 3.98. The zero-order chi connectivity index (χ0) is 24.0. The average Bonchev–Trinajstić information content (AvgIpc) is 3.10. The summed E-state index contributed by atoms with van der Waals surface area (Å²) in [6, 6.07) is 11.6. The summed E-state index contributed by atoms with van der Waals surface area (Å²) in [5.41, 5.74) is 3.52. The Hall–Kier alpha value is -3.52. The van der Waals surface area contributed by atoms with Gasteiger partial charge in [0.25, 0.3) is 5.56 Å². The zero-order valence-electron chi connectivity index (χ0n) is 19.9. The molecule has 0 saturated carbocycles. The van der Waals surface area contributed by atoms with E-state index in [-0.39, 0.29) is 11.6 Å². The van der Waals surface area contributed by atoms with E-state index in [1.165, 1.54) is 25.0 Å². The number of pyridine rings is 2. The van der Waals surface area contributed by atoms with Crippen molar-refractivity contribution < 1.29 is 4.39 Å². The first kappa shape index (κ1) is 22.3. The first-order chi connectivity index (χ1) is 16.2. The van der Waals surface area contributed by atoms with Gasteiger partial charge in [-0.05, 0) is 76.1 Å². The van der Waals surface area contributed by atoms with Gasteiger partial charge in [-0.3, -0.25) is 9.78 Å². The number of nitrogens with zero attached hydrogens (tertiary/aromatic N) is 4. The highest BCUT2D eigenvalue weighted by molar-refractivity contribution is 5.83. The van der Waals surface area contributed by atoms with Gasteiger partial charge in [0.15, 0.2) is 0 Å². The monoisotopic (exact) mass is 460 g/mol. The smallest absolute Gasteiger partial charge is 0.276 e. The molecule has 8 heteroatoms. The Morgan fingerprint density at radius 3 is 2.71 bits per heavy atom. The van der Waals surface area contributed by atoms with Crippen LogP contribution < -0.4 is 16.2 Å². The number of anilines is 2. The number of nitrogens with one attached hydrogen (secondary N) is 2. The summed E-state index contributed by atoms with van der Waals surface area (Å²) in [5.74, 6) is 0.631. The standard InChI is InChI=1S/C26H29FN6O/c1-16(2)32-25(34)21-15-30-24(31-19-6-5-17-7-9-28-14-18(17)11-19)13-22(21)33(32)20-8-10-29-23(12-20)26(3,4)27/h5-6,8,10-13,15-16,28H,7,9,14H2,1-4H3,(H,30,31). The second-order valence-electron chi connectivity index (χ2n) is 9.55. The number of hydrogen-bond donors (Lipinski definition) is 2. The van der Waals surface area contributed by atoms with Crippen molar-refractivity contribution in [1.82, 2.24) is 24.6 Å². The second kappa shape index (κ2) is 8.36. The molecule has 0 unspecified atom stereocenters. The SMILES string of the molecule is CC(C)n1c(=O)c2cnc(Nc3ccc4c(c3)CNCC4)cc2n1-c1ccnc(C(C)(C)F)c1. The molecule has 0 radical (unpaired) electrons. The fourth-order valence-electron chi connectivity index (χ4n) is 4.49. The lowest BCUT2D eigenvalue weighted by atomic mass is 10.0. The molecule has 5 rings (SSSR count). The lowest BCUT2D eigenvalue weighted by Gasteiger charge is -2.19. The maximum atomic E-state index is 14.7. The molecule has 1 aliphatic heterocycles. The number of aromatic nitrogens is 4. The van der Waals surface area contributed by atoms with Gasteiger partial charge in [-0.25, -0.2) is 18.7 Å². The number of halogens is 1. The summed E-state index contributed by atoms with van der Waals surface area (Å²) in [4.78, 5) is 22.0. The van der Waals surface area contributed by atoms with E-state index in [0.29, 0.717) is 28.1 Å². The van der Waals surface area contributed by atoms with E-state index >= 15 is 0 Å². The zero-order valence-corrected chi connectivity index (χ0v) is 19.9. The Morgan fingerprint density at radius 1 is 1.12 bits per heavy atom. The van der Waals surface area contributed by atoms with Crippen LogP contribution in [-0.2, 0) is 18.6 Å². The maximum Gasteiger partial charge on any atom is 0.276 e. The van der Waals surface area contributed by atoms with Crippen LogP contribution in [0.3, 0.4) is 0 Å². The lowest BCUT2D eigenvalue weighted by Crippen LogP contribution is -2.24. The number of alkyl halides is 1. The second-order valence-corrected chi connectivity index (χ2v) is 9.55. The molecule has 176 valence electrons. The van der Waals surface area contributed by atoms with Crippen LogP contribution >= 0.6 is 0 Å². The molecule has 0 spiro atoms. The normalized spacial score (nSPS) is 13.9. The highest BCUT2D eigenvalue weighted by atomic mass is 19.1. The Morgan fingerprint density at radius 2 is 1.94 bits per heavy atom. The molecule has 0 amide bonds. The number of fused-ring (bicyclic) bond motifs is 2. The van der Waals surface area contributed by atoms with Gasteiger partial charge in [-0.15, -0.1) is 0 Å². The summed E-state index contributed by atoms with van der Waals surface area (Å²) in [7, 11) is 0. The molecular weight excluding hydrogens is 431 g/mol. The molecule has 0 bridgehead atoms. The van der Waals surface area contributed by atoms with Gasteiger partial charge in [-0.1, -0.05) is 6.07 Å². The van der Waals surface area contributed by atoms with Crippen LogP contribution in [0.4, 0.5) is 15.9 Å². The molecule has 1 aromatic carbocycles. The molecule has 7 nitrogen and oxygen atoms in total. The molecule has 0 atom stereocenters. The summed E-state index contributed by atoms with van der Waals surface area (Å²) in [6.07, 6.45) is 4.21. The van der Waals surface area contributed by atoms with Gasteiger partial charge in [0.05, 0.1) is 22.3 Å². The Labute approximate surface area is 197 Å². The van der Waals surface area contributed by atoms with E-state index in [4.69, 9.17) is 0 Å². The van der Waals surface area contributed by atoms with Crippen LogP contribution in [-0.4, -0.2) is 25.9 Å². The van der Waals surface area contributed by atoms with Gasteiger partial charge >= 0.3 is 0 Å². The third-order valence-electron chi connectivity index (χ3n) is 6.22. The molecule has 0 fully saturated rings. The quantitative estimate of drug-likeness (QED) is 0.449. The number of rotatable bonds is 5. The molecule has 4 heterocycles. The Balaban J connectivity index is 1.63. The minimum absolute atomic E-state index is 0.112. The van der Waals surface area contributed by atoms with Crippen molar-refractivity contribution >= 4 is 22.4 Å². The van der Waals surface area contributed by atoms with Gasteiger partial charge in [0.2, 0.25) is 0 Å². The van der Waals surface area contributed by atoms with E-state index in [1.54, 1.807) is 29.2 Å². The molecule has 4 aromatic rings. The van der Waals surface area contributed by atoms with Gasteiger partial charge < -0.3 is 10.6 Å². The molecule has 3 aromatic heterocycles. The predicted molar refractivity (Wildman–Crippen MR) is 133 cm³/mol. The fraction of sp³-hybridized carbons (Fsp3) is 0.346. The van der Waals surface area contributed by atoms with Crippen LogP contribution in [0.5, 0.6) is 0 Å². The van der Waals surface area contributed by atoms with Crippen molar-refractivity contribution in [3.8, 4) is 5.69 Å². The van der Waals surface area contributed by atoms with Crippen molar-refractivity contribution in [3.05, 3.63) is 76.0 Å². The summed E-state index contributed by atoms with van der Waals surface area (Å²) in [5, 5.41) is 7.29. The number of hydrogen-bond acceptors (Lipinski definition) is 5. The minimum Gasteiger partial charge on any atom is -0.340 e. The van der Waals surface area contributed by atoms with Crippen LogP contribution in [0.1, 0.15) is 50.6 Å². The summed E-state index contributed by atoms with van der Waals surface area (Å²) >= 11 is 0. The van der Waals surface area contributed by atoms with Crippen LogP contribution in [0.2, 0.25) is 0 Å². The van der Waals surface area contributed by atoms with E-state index in [1.807, 2.05) is 24.6 Å². The minimum atomic E-state index is -1.60. The highest BCUT2D eigenvalue weighted by Crippen LogP contribution is 2.28. The van der Waals surface area contributed by atoms with Crippen molar-refractivity contribution in [2.24, 2.45) is 0 Å². The topological polar surface area (TPSA) is 76.8 Å². The van der Waals surface area contributed by atoms with E-state index in [2.05, 4.69) is 38.8 Å². The molecule has 34 heavy (non-hydrogen) atoms. The van der Waals surface area contributed by atoms with Crippen LogP contribution in [0, 0.1) is 0 Å². The van der Waals surface area contributed by atoms with Crippen LogP contribution in [0.15, 0.2) is 53.6 Å². The molecule has 0 aliphatic carbocycles.